The number of nitrogens with one attached hydrogen (secondary N) is 1. The van der Waals surface area contributed by atoms with Crippen LogP contribution in [0.1, 0.15) is 38.2 Å². The molecule has 17 heavy (non-hydrogen) atoms. The second-order valence-corrected chi connectivity index (χ2v) is 5.21. The van der Waals surface area contributed by atoms with Gasteiger partial charge in [0.15, 0.2) is 5.82 Å². The van der Waals surface area contributed by atoms with Gasteiger partial charge in [-0.2, -0.15) is 5.10 Å². The summed E-state index contributed by atoms with van der Waals surface area (Å²) in [6.45, 7) is 2.29. The second-order valence-electron chi connectivity index (χ2n) is 4.77. The lowest BCUT2D eigenvalue weighted by molar-refractivity contribution is 0.358. The molecule has 5 heteroatoms. The van der Waals surface area contributed by atoms with Gasteiger partial charge in [0.05, 0.1) is 11.8 Å². The zero-order valence-corrected chi connectivity index (χ0v) is 10.8. The van der Waals surface area contributed by atoms with Crippen molar-refractivity contribution in [1.29, 1.82) is 0 Å². The van der Waals surface area contributed by atoms with Crippen molar-refractivity contribution in [3.63, 3.8) is 0 Å². The molecule has 0 saturated heterocycles. The molecule has 0 aromatic carbocycles. The third-order valence-electron chi connectivity index (χ3n) is 3.26. The summed E-state index contributed by atoms with van der Waals surface area (Å²) in [7, 11) is 0. The van der Waals surface area contributed by atoms with Crippen LogP contribution in [0.15, 0.2) is 12.3 Å². The molecule has 0 spiro atoms. The van der Waals surface area contributed by atoms with Gasteiger partial charge >= 0.3 is 0 Å². The molecule has 3 N–H and O–H groups in total. The van der Waals surface area contributed by atoms with E-state index in [0.717, 1.165) is 17.3 Å². The fraction of sp³-hybridized carbons (Fsp3) is 0.583. The van der Waals surface area contributed by atoms with Gasteiger partial charge in [-0.1, -0.05) is 32.0 Å². The summed E-state index contributed by atoms with van der Waals surface area (Å²) in [5.41, 5.74) is 6.46. The molecule has 2 unspecified atom stereocenters. The van der Waals surface area contributed by atoms with Crippen LogP contribution < -0.4 is 11.1 Å². The molecule has 1 saturated carbocycles. The maximum Gasteiger partial charge on any atom is 0.159 e. The third-order valence-corrected chi connectivity index (χ3v) is 3.48. The molecular formula is C12H18N4S. The maximum absolute atomic E-state index is 5.67. The van der Waals surface area contributed by atoms with Crippen LogP contribution in [0.4, 0.5) is 5.82 Å². The van der Waals surface area contributed by atoms with Crippen molar-refractivity contribution in [2.45, 2.75) is 38.6 Å². The highest BCUT2D eigenvalue weighted by Gasteiger charge is 2.20. The molecule has 4 nitrogen and oxygen atoms in total. The molecule has 92 valence electrons. The van der Waals surface area contributed by atoms with Crippen molar-refractivity contribution >= 4 is 23.0 Å². The number of thiocarbonyl (C=S) groups is 1. The van der Waals surface area contributed by atoms with E-state index in [1.165, 1.54) is 25.7 Å². The number of aromatic nitrogens is 2. The first-order valence-electron chi connectivity index (χ1n) is 6.05. The highest BCUT2D eigenvalue weighted by Crippen LogP contribution is 2.26. The van der Waals surface area contributed by atoms with E-state index in [1.807, 2.05) is 6.07 Å². The first kappa shape index (κ1) is 12.2. The first-order valence-corrected chi connectivity index (χ1v) is 6.45. The van der Waals surface area contributed by atoms with Crippen LogP contribution in [0.25, 0.3) is 0 Å². The van der Waals surface area contributed by atoms with E-state index in [4.69, 9.17) is 18.0 Å². The highest BCUT2D eigenvalue weighted by atomic mass is 32.1. The van der Waals surface area contributed by atoms with Gasteiger partial charge in [-0.15, -0.1) is 5.10 Å². The number of nitrogens with zero attached hydrogens (tertiary/aromatic N) is 2. The molecule has 1 aromatic heterocycles. The predicted molar refractivity (Wildman–Crippen MR) is 73.0 cm³/mol. The average Bonchev–Trinajstić information content (AvgIpc) is 2.29. The fourth-order valence-corrected chi connectivity index (χ4v) is 2.56. The topological polar surface area (TPSA) is 63.8 Å². The average molecular weight is 250 g/mol. The molecule has 1 fully saturated rings. The van der Waals surface area contributed by atoms with Crippen molar-refractivity contribution < 1.29 is 0 Å². The summed E-state index contributed by atoms with van der Waals surface area (Å²) < 4.78 is 0. The minimum atomic E-state index is 0.367. The third kappa shape index (κ3) is 3.12. The molecule has 1 aliphatic carbocycles. The van der Waals surface area contributed by atoms with Gasteiger partial charge in [0.2, 0.25) is 0 Å². The van der Waals surface area contributed by atoms with Crippen LogP contribution in [0.5, 0.6) is 0 Å². The Morgan fingerprint density at radius 3 is 3.06 bits per heavy atom. The highest BCUT2D eigenvalue weighted by molar-refractivity contribution is 7.80. The number of rotatable bonds is 3. The summed E-state index contributed by atoms with van der Waals surface area (Å²) in [6.07, 6.45) is 6.55. The van der Waals surface area contributed by atoms with Gasteiger partial charge in [-0.25, -0.2) is 0 Å². The molecule has 0 amide bonds. The van der Waals surface area contributed by atoms with Gasteiger partial charge < -0.3 is 11.1 Å². The molecule has 1 heterocycles. The fourth-order valence-electron chi connectivity index (χ4n) is 2.40. The Bertz CT molecular complexity index is 407. The zero-order chi connectivity index (χ0) is 12.3. The van der Waals surface area contributed by atoms with Crippen molar-refractivity contribution in [2.75, 3.05) is 5.32 Å². The Labute approximate surface area is 107 Å². The SMILES string of the molecule is CC1CCCC(Nc2nnccc2C(N)=S)C1. The van der Waals surface area contributed by atoms with Crippen molar-refractivity contribution in [3.8, 4) is 0 Å². The van der Waals surface area contributed by atoms with Crippen molar-refractivity contribution in [3.05, 3.63) is 17.8 Å². The quantitative estimate of drug-likeness (QED) is 0.804. The van der Waals surface area contributed by atoms with Crippen LogP contribution in [0.3, 0.4) is 0 Å². The maximum atomic E-state index is 5.67. The molecule has 2 atom stereocenters. The van der Waals surface area contributed by atoms with Crippen LogP contribution in [-0.4, -0.2) is 21.2 Å². The summed E-state index contributed by atoms with van der Waals surface area (Å²) in [5, 5.41) is 11.4. The van der Waals surface area contributed by atoms with Gasteiger partial charge in [0, 0.05) is 6.04 Å². The minimum Gasteiger partial charge on any atom is -0.389 e. The van der Waals surface area contributed by atoms with Crippen LogP contribution in [0.2, 0.25) is 0 Å². The lowest BCUT2D eigenvalue weighted by atomic mass is 9.87. The predicted octanol–water partition coefficient (Wildman–Crippen LogP) is 2.10. The van der Waals surface area contributed by atoms with Crippen LogP contribution in [0, 0.1) is 5.92 Å². The lowest BCUT2D eigenvalue weighted by Gasteiger charge is -2.28. The Kier molecular flexibility index (Phi) is 3.89. The number of nitrogens with two attached hydrogens (primary N) is 1. The van der Waals surface area contributed by atoms with Gasteiger partial charge in [0.1, 0.15) is 4.99 Å². The molecule has 1 aliphatic rings. The minimum absolute atomic E-state index is 0.367. The van der Waals surface area contributed by atoms with E-state index >= 15 is 0 Å². The van der Waals surface area contributed by atoms with Crippen molar-refractivity contribution in [2.24, 2.45) is 11.7 Å². The summed E-state index contributed by atoms with van der Waals surface area (Å²) in [6, 6.07) is 2.27. The monoisotopic (exact) mass is 250 g/mol. The smallest absolute Gasteiger partial charge is 0.159 e. The Hall–Kier alpha value is -1.23. The molecule has 0 aliphatic heterocycles. The largest absolute Gasteiger partial charge is 0.389 e. The van der Waals surface area contributed by atoms with E-state index in [1.54, 1.807) is 6.20 Å². The Morgan fingerprint density at radius 1 is 1.53 bits per heavy atom. The van der Waals surface area contributed by atoms with Gasteiger partial charge in [0.25, 0.3) is 0 Å². The lowest BCUT2D eigenvalue weighted by Crippen LogP contribution is -2.28. The Balaban J connectivity index is 2.10. The normalized spacial score (nSPS) is 24.3. The number of anilines is 1. The summed E-state index contributed by atoms with van der Waals surface area (Å²) in [5.74, 6) is 1.49. The van der Waals surface area contributed by atoms with Crippen LogP contribution >= 0.6 is 12.2 Å². The summed E-state index contributed by atoms with van der Waals surface area (Å²) >= 11 is 5.01. The second kappa shape index (κ2) is 5.40. The van der Waals surface area contributed by atoms with E-state index in [2.05, 4.69) is 22.4 Å². The van der Waals surface area contributed by atoms with Gasteiger partial charge in [-0.3, -0.25) is 0 Å². The standard InChI is InChI=1S/C12H18N4S/c1-8-3-2-4-9(7-8)15-12-10(11(13)17)5-6-14-16-12/h5-6,8-9H,2-4,7H2,1H3,(H2,13,17)(H,15,16). The summed E-state index contributed by atoms with van der Waals surface area (Å²) in [4.78, 5) is 0.367. The van der Waals surface area contributed by atoms with E-state index in [9.17, 15) is 0 Å². The first-order chi connectivity index (χ1) is 8.16. The van der Waals surface area contributed by atoms with Gasteiger partial charge in [-0.05, 0) is 24.8 Å². The molecule has 2 rings (SSSR count). The number of hydrogen-bond donors (Lipinski definition) is 2. The number of hydrogen-bond acceptors (Lipinski definition) is 4. The van der Waals surface area contributed by atoms with Crippen molar-refractivity contribution in [1.82, 2.24) is 10.2 Å². The van der Waals surface area contributed by atoms with E-state index < -0.39 is 0 Å². The zero-order valence-electron chi connectivity index (χ0n) is 10.0. The van der Waals surface area contributed by atoms with E-state index in [0.29, 0.717) is 11.0 Å². The molecule has 0 radical (unpaired) electrons. The Morgan fingerprint density at radius 2 is 2.35 bits per heavy atom. The molecular weight excluding hydrogens is 232 g/mol. The van der Waals surface area contributed by atoms with E-state index in [-0.39, 0.29) is 0 Å². The van der Waals surface area contributed by atoms with Crippen LogP contribution in [-0.2, 0) is 0 Å². The molecule has 1 aromatic rings. The molecule has 0 bridgehead atoms.